The lowest BCUT2D eigenvalue weighted by Crippen LogP contribution is -2.44. The average molecular weight is 272 g/mol. The third-order valence-corrected chi connectivity index (χ3v) is 4.32. The van der Waals surface area contributed by atoms with E-state index in [0.29, 0.717) is 11.7 Å². The van der Waals surface area contributed by atoms with Gasteiger partial charge in [-0.25, -0.2) is 4.39 Å². The van der Waals surface area contributed by atoms with E-state index in [1.807, 2.05) is 0 Å². The number of hydrogen-bond donors (Lipinski definition) is 1. The van der Waals surface area contributed by atoms with Crippen molar-refractivity contribution in [3.63, 3.8) is 0 Å². The Labute approximate surface area is 106 Å². The molecule has 18 heavy (non-hydrogen) atoms. The zero-order valence-corrected chi connectivity index (χ0v) is 10.4. The van der Waals surface area contributed by atoms with Crippen LogP contribution >= 0.6 is 0 Å². The van der Waals surface area contributed by atoms with Crippen LogP contribution in [-0.2, 0) is 16.6 Å². The zero-order valence-electron chi connectivity index (χ0n) is 9.60. The molecule has 5 nitrogen and oxygen atoms in total. The molecule has 0 bridgehead atoms. The summed E-state index contributed by atoms with van der Waals surface area (Å²) in [5.41, 5.74) is 0.0297. The Balaban J connectivity index is 2.08. The monoisotopic (exact) mass is 272 g/mol. The van der Waals surface area contributed by atoms with E-state index in [0.717, 1.165) is 31.3 Å². The molecule has 0 aliphatic carbocycles. The highest BCUT2D eigenvalue weighted by molar-refractivity contribution is 7.84. The minimum atomic E-state index is -1.20. The van der Waals surface area contributed by atoms with Crippen LogP contribution in [0.4, 0.5) is 10.1 Å². The van der Waals surface area contributed by atoms with Crippen LogP contribution < -0.4 is 5.32 Å². The molecule has 1 aliphatic heterocycles. The molecule has 0 amide bonds. The van der Waals surface area contributed by atoms with Crippen molar-refractivity contribution < 1.29 is 13.5 Å². The molecule has 0 aromatic heterocycles. The van der Waals surface area contributed by atoms with Crippen molar-refractivity contribution in [1.29, 1.82) is 0 Å². The van der Waals surface area contributed by atoms with E-state index in [2.05, 4.69) is 5.32 Å². The molecule has 1 N–H and O–H groups in total. The lowest BCUT2D eigenvalue weighted by Gasteiger charge is -2.26. The summed E-state index contributed by atoms with van der Waals surface area (Å²) >= 11 is 0. The fraction of sp³-hybridized carbons (Fsp3) is 0.455. The molecule has 1 saturated heterocycles. The normalized spacial score (nSPS) is 17.2. The van der Waals surface area contributed by atoms with Gasteiger partial charge in [-0.15, -0.1) is 0 Å². The maximum atomic E-state index is 13.1. The summed E-state index contributed by atoms with van der Waals surface area (Å²) in [4.78, 5) is 10.2. The summed E-state index contributed by atoms with van der Waals surface area (Å²) in [6, 6.07) is 3.25. The molecule has 0 radical (unpaired) electrons. The highest BCUT2D eigenvalue weighted by Crippen LogP contribution is 2.21. The predicted octanol–water partition coefficient (Wildman–Crippen LogP) is 1.20. The fourth-order valence-electron chi connectivity index (χ4n) is 1.81. The van der Waals surface area contributed by atoms with Gasteiger partial charge in [0.05, 0.1) is 10.7 Å². The van der Waals surface area contributed by atoms with Crippen LogP contribution in [0.15, 0.2) is 18.2 Å². The van der Waals surface area contributed by atoms with Crippen LogP contribution in [0.5, 0.6) is 0 Å². The first-order chi connectivity index (χ1) is 8.56. The highest BCUT2D eigenvalue weighted by Gasteiger charge is 2.22. The van der Waals surface area contributed by atoms with E-state index >= 15 is 0 Å². The van der Waals surface area contributed by atoms with Gasteiger partial charge in [-0.05, 0) is 18.1 Å². The maximum absolute atomic E-state index is 13.1. The largest absolute Gasteiger partial charge is 0.316 e. The Morgan fingerprint density at radius 1 is 1.50 bits per heavy atom. The standard InChI is InChI=1S/C11H13FN2O3S/c12-10-1-2-11(14(15)16)9(3-10)7-18(17)6-8-4-13-5-8/h1-3,8,13H,4-7H2. The second-order valence-corrected chi connectivity index (χ2v) is 5.81. The Hall–Kier alpha value is -1.34. The van der Waals surface area contributed by atoms with Crippen LogP contribution in [0.2, 0.25) is 0 Å². The molecule has 7 heteroatoms. The second-order valence-electron chi connectivity index (χ2n) is 4.31. The van der Waals surface area contributed by atoms with Gasteiger partial charge >= 0.3 is 0 Å². The van der Waals surface area contributed by atoms with Crippen LogP contribution in [0.3, 0.4) is 0 Å². The van der Waals surface area contributed by atoms with E-state index < -0.39 is 21.5 Å². The number of halogens is 1. The molecule has 98 valence electrons. The minimum Gasteiger partial charge on any atom is -0.316 e. The summed E-state index contributed by atoms with van der Waals surface area (Å²) in [7, 11) is -1.20. The second kappa shape index (κ2) is 5.53. The molecular formula is C11H13FN2O3S. The summed E-state index contributed by atoms with van der Waals surface area (Å²) in [5, 5.41) is 13.8. The lowest BCUT2D eigenvalue weighted by atomic mass is 10.1. The smallest absolute Gasteiger partial charge is 0.273 e. The topological polar surface area (TPSA) is 72.2 Å². The molecule has 2 rings (SSSR count). The van der Waals surface area contributed by atoms with E-state index in [1.54, 1.807) is 0 Å². The van der Waals surface area contributed by atoms with Gasteiger partial charge in [-0.2, -0.15) is 0 Å². The molecule has 1 unspecified atom stereocenters. The molecule has 1 heterocycles. The van der Waals surface area contributed by atoms with Crippen molar-refractivity contribution >= 4 is 16.5 Å². The first-order valence-electron chi connectivity index (χ1n) is 5.55. The first kappa shape index (κ1) is 13.1. The van der Waals surface area contributed by atoms with Crippen LogP contribution in [0, 0.1) is 21.8 Å². The summed E-state index contributed by atoms with van der Waals surface area (Å²) < 4.78 is 24.9. The third kappa shape index (κ3) is 3.11. The molecule has 1 atom stereocenters. The van der Waals surface area contributed by atoms with Crippen molar-refractivity contribution in [1.82, 2.24) is 5.32 Å². The van der Waals surface area contributed by atoms with E-state index in [4.69, 9.17) is 0 Å². The summed E-state index contributed by atoms with van der Waals surface area (Å²) in [6.07, 6.45) is 0. The van der Waals surface area contributed by atoms with Crippen LogP contribution in [0.1, 0.15) is 5.56 Å². The predicted molar refractivity (Wildman–Crippen MR) is 66.1 cm³/mol. The van der Waals surface area contributed by atoms with Crippen molar-refractivity contribution in [3.8, 4) is 0 Å². The Morgan fingerprint density at radius 3 is 2.78 bits per heavy atom. The van der Waals surface area contributed by atoms with Gasteiger partial charge in [-0.1, -0.05) is 0 Å². The van der Waals surface area contributed by atoms with Gasteiger partial charge in [0.2, 0.25) is 0 Å². The van der Waals surface area contributed by atoms with E-state index in [1.165, 1.54) is 0 Å². The Morgan fingerprint density at radius 2 is 2.22 bits per heavy atom. The van der Waals surface area contributed by atoms with Gasteiger partial charge in [0.15, 0.2) is 0 Å². The third-order valence-electron chi connectivity index (χ3n) is 2.84. The number of hydrogen-bond acceptors (Lipinski definition) is 4. The zero-order chi connectivity index (χ0) is 13.1. The molecule has 1 aliphatic rings. The van der Waals surface area contributed by atoms with Crippen LogP contribution in [0.25, 0.3) is 0 Å². The van der Waals surface area contributed by atoms with Crippen molar-refractivity contribution in [3.05, 3.63) is 39.7 Å². The van der Waals surface area contributed by atoms with Crippen molar-refractivity contribution in [2.45, 2.75) is 5.75 Å². The SMILES string of the molecule is O=[N+]([O-])c1ccc(F)cc1CS(=O)CC1CNC1. The summed E-state index contributed by atoms with van der Waals surface area (Å²) in [5.74, 6) is 0.349. The van der Waals surface area contributed by atoms with Gasteiger partial charge in [-0.3, -0.25) is 14.3 Å². The minimum absolute atomic E-state index is 0.0323. The number of nitro groups is 1. The van der Waals surface area contributed by atoms with Crippen LogP contribution in [-0.4, -0.2) is 28.0 Å². The quantitative estimate of drug-likeness (QED) is 0.646. The number of nitro benzene ring substituents is 1. The first-order valence-corrected chi connectivity index (χ1v) is 7.03. The molecule has 1 aromatic rings. The number of benzene rings is 1. The van der Waals surface area contributed by atoms with E-state index in [-0.39, 0.29) is 17.0 Å². The molecule has 0 saturated carbocycles. The number of nitrogens with zero attached hydrogens (tertiary/aromatic N) is 1. The maximum Gasteiger partial charge on any atom is 0.273 e. The number of rotatable bonds is 5. The van der Waals surface area contributed by atoms with Gasteiger partial charge in [0, 0.05) is 41.3 Å². The average Bonchev–Trinajstić information content (AvgIpc) is 2.23. The van der Waals surface area contributed by atoms with E-state index in [9.17, 15) is 18.7 Å². The lowest BCUT2D eigenvalue weighted by molar-refractivity contribution is -0.385. The molecule has 1 fully saturated rings. The molecule has 1 aromatic carbocycles. The van der Waals surface area contributed by atoms with Crippen molar-refractivity contribution in [2.24, 2.45) is 5.92 Å². The molecule has 0 spiro atoms. The number of nitrogens with one attached hydrogen (secondary N) is 1. The van der Waals surface area contributed by atoms with Gasteiger partial charge in [0.25, 0.3) is 5.69 Å². The highest BCUT2D eigenvalue weighted by atomic mass is 32.2. The van der Waals surface area contributed by atoms with Gasteiger partial charge < -0.3 is 5.32 Å². The fourth-order valence-corrected chi connectivity index (χ4v) is 3.27. The summed E-state index contributed by atoms with van der Waals surface area (Å²) in [6.45, 7) is 1.66. The Kier molecular flexibility index (Phi) is 4.03. The van der Waals surface area contributed by atoms with Gasteiger partial charge in [0.1, 0.15) is 5.82 Å². The van der Waals surface area contributed by atoms with Crippen molar-refractivity contribution in [2.75, 3.05) is 18.8 Å². The Bertz CT molecular complexity index is 491. The molecular weight excluding hydrogens is 259 g/mol.